The molecule has 1 fully saturated rings. The Morgan fingerprint density at radius 2 is 2.12 bits per heavy atom. The number of aromatic nitrogens is 1. The summed E-state index contributed by atoms with van der Waals surface area (Å²) in [6.07, 6.45) is 3.17. The van der Waals surface area contributed by atoms with Crippen molar-refractivity contribution in [1.82, 2.24) is 4.98 Å². The van der Waals surface area contributed by atoms with E-state index in [4.69, 9.17) is 0 Å². The van der Waals surface area contributed by atoms with E-state index >= 15 is 0 Å². The van der Waals surface area contributed by atoms with E-state index in [-0.39, 0.29) is 0 Å². The molecule has 0 radical (unpaired) electrons. The summed E-state index contributed by atoms with van der Waals surface area (Å²) in [6, 6.07) is 2.15. The van der Waals surface area contributed by atoms with Gasteiger partial charge in [0.2, 0.25) is 0 Å². The fourth-order valence-electron chi connectivity index (χ4n) is 2.52. The Bertz CT molecular complexity index is 409. The van der Waals surface area contributed by atoms with Crippen LogP contribution in [0, 0.1) is 18.3 Å². The van der Waals surface area contributed by atoms with E-state index in [1.807, 2.05) is 6.20 Å². The van der Waals surface area contributed by atoms with Crippen molar-refractivity contribution >= 4 is 21.7 Å². The van der Waals surface area contributed by atoms with Gasteiger partial charge in [-0.2, -0.15) is 0 Å². The summed E-state index contributed by atoms with van der Waals surface area (Å²) in [4.78, 5) is 6.98. The van der Waals surface area contributed by atoms with E-state index in [9.17, 15) is 0 Å². The lowest BCUT2D eigenvalue weighted by molar-refractivity contribution is 0.263. The van der Waals surface area contributed by atoms with Crippen molar-refractivity contribution in [3.8, 4) is 0 Å². The maximum Gasteiger partial charge on any atom is 0.131 e. The van der Waals surface area contributed by atoms with Gasteiger partial charge in [0, 0.05) is 23.8 Å². The second kappa shape index (κ2) is 4.60. The van der Waals surface area contributed by atoms with Gasteiger partial charge in [-0.1, -0.05) is 20.8 Å². The molecule has 2 rings (SSSR count). The van der Waals surface area contributed by atoms with Gasteiger partial charge < -0.3 is 4.90 Å². The number of rotatable bonds is 1. The number of hydrogen-bond acceptors (Lipinski definition) is 2. The molecule has 2 heterocycles. The maximum absolute atomic E-state index is 4.56. The van der Waals surface area contributed by atoms with Crippen molar-refractivity contribution in [3.05, 3.63) is 22.3 Å². The number of halogens is 1. The van der Waals surface area contributed by atoms with Crippen LogP contribution in [-0.4, -0.2) is 18.1 Å². The highest BCUT2D eigenvalue weighted by Gasteiger charge is 2.32. The quantitative estimate of drug-likeness (QED) is 0.778. The minimum absolute atomic E-state index is 0.401. The predicted molar refractivity (Wildman–Crippen MR) is 76.4 cm³/mol. The molecule has 1 aromatic rings. The molecule has 1 atom stereocenters. The van der Waals surface area contributed by atoms with Crippen LogP contribution in [0.25, 0.3) is 0 Å². The van der Waals surface area contributed by atoms with Gasteiger partial charge in [0.15, 0.2) is 0 Å². The van der Waals surface area contributed by atoms with Crippen molar-refractivity contribution in [2.24, 2.45) is 11.3 Å². The molecule has 1 aliphatic rings. The smallest absolute Gasteiger partial charge is 0.131 e. The normalized spacial score (nSPS) is 21.0. The zero-order valence-corrected chi connectivity index (χ0v) is 12.7. The summed E-state index contributed by atoms with van der Waals surface area (Å²) < 4.78 is 1.06. The molecule has 0 amide bonds. The van der Waals surface area contributed by atoms with E-state index in [0.717, 1.165) is 29.3 Å². The second-order valence-corrected chi connectivity index (χ2v) is 7.01. The van der Waals surface area contributed by atoms with Gasteiger partial charge in [0.25, 0.3) is 0 Å². The lowest BCUT2D eigenvalue weighted by Gasteiger charge is -2.27. The molecule has 0 saturated carbocycles. The number of aryl methyl sites for hydroxylation is 1. The topological polar surface area (TPSA) is 16.1 Å². The Morgan fingerprint density at radius 1 is 1.41 bits per heavy atom. The van der Waals surface area contributed by atoms with Gasteiger partial charge in [-0.3, -0.25) is 0 Å². The molecule has 2 nitrogen and oxygen atoms in total. The Labute approximate surface area is 113 Å². The third kappa shape index (κ3) is 2.82. The SMILES string of the molecule is Cc1cc(Br)cnc1N1CCC(C(C)(C)C)C1. The highest BCUT2D eigenvalue weighted by molar-refractivity contribution is 9.10. The van der Waals surface area contributed by atoms with Crippen LogP contribution >= 0.6 is 15.9 Å². The van der Waals surface area contributed by atoms with Gasteiger partial charge >= 0.3 is 0 Å². The van der Waals surface area contributed by atoms with Crippen molar-refractivity contribution in [3.63, 3.8) is 0 Å². The molecule has 1 saturated heterocycles. The first kappa shape index (κ1) is 12.9. The van der Waals surface area contributed by atoms with Gasteiger partial charge in [-0.25, -0.2) is 4.98 Å². The summed E-state index contributed by atoms with van der Waals surface area (Å²) in [6.45, 7) is 11.4. The molecule has 0 aromatic carbocycles. The van der Waals surface area contributed by atoms with Crippen LogP contribution in [-0.2, 0) is 0 Å². The number of nitrogens with zero attached hydrogens (tertiary/aromatic N) is 2. The van der Waals surface area contributed by atoms with E-state index < -0.39 is 0 Å². The fourth-order valence-corrected chi connectivity index (χ4v) is 2.97. The van der Waals surface area contributed by atoms with E-state index in [1.165, 1.54) is 12.0 Å². The molecular weight excluding hydrogens is 276 g/mol. The largest absolute Gasteiger partial charge is 0.356 e. The monoisotopic (exact) mass is 296 g/mol. The Kier molecular flexibility index (Phi) is 3.48. The van der Waals surface area contributed by atoms with Crippen LogP contribution in [0.3, 0.4) is 0 Å². The molecule has 0 N–H and O–H groups in total. The lowest BCUT2D eigenvalue weighted by atomic mass is 9.80. The van der Waals surface area contributed by atoms with Crippen molar-refractivity contribution in [1.29, 1.82) is 0 Å². The molecular formula is C14H21BrN2. The summed E-state index contributed by atoms with van der Waals surface area (Å²) in [5.41, 5.74) is 1.66. The molecule has 3 heteroatoms. The summed E-state index contributed by atoms with van der Waals surface area (Å²) in [7, 11) is 0. The average molecular weight is 297 g/mol. The third-order valence-electron chi connectivity index (χ3n) is 3.73. The zero-order valence-electron chi connectivity index (χ0n) is 11.1. The number of pyridine rings is 1. The highest BCUT2D eigenvalue weighted by atomic mass is 79.9. The molecule has 0 aliphatic carbocycles. The van der Waals surface area contributed by atoms with Crippen LogP contribution in [0.5, 0.6) is 0 Å². The minimum Gasteiger partial charge on any atom is -0.356 e. The van der Waals surface area contributed by atoms with E-state index in [2.05, 4.69) is 59.6 Å². The molecule has 1 aromatic heterocycles. The molecule has 1 unspecified atom stereocenters. The number of hydrogen-bond donors (Lipinski definition) is 0. The first-order chi connectivity index (χ1) is 7.88. The Balaban J connectivity index is 2.15. The lowest BCUT2D eigenvalue weighted by Crippen LogP contribution is -2.26. The highest BCUT2D eigenvalue weighted by Crippen LogP contribution is 2.36. The van der Waals surface area contributed by atoms with Crippen LogP contribution in [0.4, 0.5) is 5.82 Å². The van der Waals surface area contributed by atoms with Gasteiger partial charge in [0.1, 0.15) is 5.82 Å². The summed E-state index contributed by atoms with van der Waals surface area (Å²) in [5.74, 6) is 1.92. The van der Waals surface area contributed by atoms with Crippen molar-refractivity contribution in [2.45, 2.75) is 34.1 Å². The van der Waals surface area contributed by atoms with Crippen molar-refractivity contribution < 1.29 is 0 Å². The molecule has 94 valence electrons. The van der Waals surface area contributed by atoms with Crippen LogP contribution < -0.4 is 4.90 Å². The Morgan fingerprint density at radius 3 is 2.65 bits per heavy atom. The van der Waals surface area contributed by atoms with Crippen LogP contribution in [0.1, 0.15) is 32.8 Å². The Hall–Kier alpha value is -0.570. The molecule has 17 heavy (non-hydrogen) atoms. The zero-order chi connectivity index (χ0) is 12.6. The average Bonchev–Trinajstić information content (AvgIpc) is 2.65. The number of anilines is 1. The first-order valence-corrected chi connectivity index (χ1v) is 7.04. The molecule has 1 aliphatic heterocycles. The van der Waals surface area contributed by atoms with Crippen LogP contribution in [0.2, 0.25) is 0 Å². The maximum atomic E-state index is 4.56. The standard InChI is InChI=1S/C14H21BrN2/c1-10-7-12(15)8-16-13(10)17-6-5-11(9-17)14(2,3)4/h7-8,11H,5-6,9H2,1-4H3. The first-order valence-electron chi connectivity index (χ1n) is 6.25. The van der Waals surface area contributed by atoms with E-state index in [0.29, 0.717) is 5.41 Å². The molecule has 0 bridgehead atoms. The second-order valence-electron chi connectivity index (χ2n) is 6.09. The predicted octanol–water partition coefficient (Wildman–Crippen LogP) is 4.02. The third-order valence-corrected chi connectivity index (χ3v) is 4.16. The van der Waals surface area contributed by atoms with Crippen LogP contribution in [0.15, 0.2) is 16.7 Å². The summed E-state index contributed by atoms with van der Waals surface area (Å²) in [5, 5.41) is 0. The minimum atomic E-state index is 0.401. The van der Waals surface area contributed by atoms with E-state index in [1.54, 1.807) is 0 Å². The summed E-state index contributed by atoms with van der Waals surface area (Å²) >= 11 is 3.47. The van der Waals surface area contributed by atoms with Gasteiger partial charge in [-0.15, -0.1) is 0 Å². The van der Waals surface area contributed by atoms with Gasteiger partial charge in [0.05, 0.1) is 0 Å². The fraction of sp³-hybridized carbons (Fsp3) is 0.643. The molecule has 0 spiro atoms. The van der Waals surface area contributed by atoms with Gasteiger partial charge in [-0.05, 0) is 52.2 Å². The van der Waals surface area contributed by atoms with Crippen molar-refractivity contribution in [2.75, 3.05) is 18.0 Å².